The first-order chi connectivity index (χ1) is 9.32. The zero-order valence-corrected chi connectivity index (χ0v) is 18.5. The Morgan fingerprint density at radius 2 is 1.90 bits per heavy atom. The van der Waals surface area contributed by atoms with Crippen LogP contribution in [0.2, 0.25) is 4.13 Å². The van der Waals surface area contributed by atoms with Crippen LogP contribution < -0.4 is 0 Å². The van der Waals surface area contributed by atoms with E-state index in [2.05, 4.69) is 53.7 Å². The summed E-state index contributed by atoms with van der Waals surface area (Å²) in [5.74, 6) is 0.705. The monoisotopic (exact) mass is 363 g/mol. The summed E-state index contributed by atoms with van der Waals surface area (Å²) in [5, 5.41) is 0. The molecule has 0 nitrogen and oxygen atoms in total. The molecule has 0 spiro atoms. The van der Waals surface area contributed by atoms with Crippen LogP contribution in [-0.2, 0) is 19.4 Å². The molecule has 20 heavy (non-hydrogen) atoms. The first-order valence-corrected chi connectivity index (χ1v) is 20.5. The molecule has 0 aromatic rings. The van der Waals surface area contributed by atoms with Gasteiger partial charge in [-0.2, -0.15) is 0 Å². The minimum absolute atomic E-state index is 0.705. The van der Waals surface area contributed by atoms with E-state index in [9.17, 15) is 0 Å². The van der Waals surface area contributed by atoms with Crippen molar-refractivity contribution >= 4 is 7.37 Å². The molecule has 0 saturated heterocycles. The Morgan fingerprint density at radius 1 is 1.25 bits per heavy atom. The van der Waals surface area contributed by atoms with Gasteiger partial charge in [0.1, 0.15) is 0 Å². The summed E-state index contributed by atoms with van der Waals surface area (Å²) in [5.41, 5.74) is 6.35. The molecule has 2 aliphatic carbocycles. The Hall–Kier alpha value is 0.0600. The quantitative estimate of drug-likeness (QED) is 0.642. The van der Waals surface area contributed by atoms with Gasteiger partial charge in [0.05, 0.1) is 0 Å². The molecule has 0 heterocycles. The van der Waals surface area contributed by atoms with Crippen molar-refractivity contribution in [1.82, 2.24) is 0 Å². The minimum atomic E-state index is -2.30. The second-order valence-corrected chi connectivity index (χ2v) is 27.6. The van der Waals surface area contributed by atoms with Crippen molar-refractivity contribution in [2.45, 2.75) is 51.6 Å². The van der Waals surface area contributed by atoms with Crippen LogP contribution in [0.1, 0.15) is 47.5 Å². The summed E-state index contributed by atoms with van der Waals surface area (Å²) in [7, 11) is 1.40. The van der Waals surface area contributed by atoms with Crippen LogP contribution >= 0.6 is 0 Å². The third kappa shape index (κ3) is 2.59. The van der Waals surface area contributed by atoms with Gasteiger partial charge in [0, 0.05) is 0 Å². The second-order valence-electron chi connectivity index (χ2n) is 6.83. The predicted octanol–water partition coefficient (Wildman–Crippen LogP) is 4.56. The molecule has 0 aromatic carbocycles. The van der Waals surface area contributed by atoms with Crippen molar-refractivity contribution in [2.24, 2.45) is 5.92 Å². The van der Waals surface area contributed by atoms with Gasteiger partial charge in [-0.15, -0.1) is 0 Å². The molecular weight excluding hydrogens is 336 g/mol. The molecule has 0 N–H and O–H groups in total. The zero-order chi connectivity index (χ0) is 15.1. The van der Waals surface area contributed by atoms with Crippen molar-refractivity contribution in [3.05, 3.63) is 47.9 Å². The molecule has 1 radical (unpaired) electrons. The van der Waals surface area contributed by atoms with E-state index in [1.165, 1.54) is 23.5 Å². The van der Waals surface area contributed by atoms with Crippen molar-refractivity contribution in [2.75, 3.05) is 0 Å². The fourth-order valence-electron chi connectivity index (χ4n) is 4.13. The van der Waals surface area contributed by atoms with Crippen LogP contribution in [0, 0.1) is 12.8 Å². The SMILES string of the molecule is [CH2]C[CH2][Zr]([SiH3])([C]1=CC(C)=CC1)[C]1=C(C)C(C)=C(C)C1C. The molecule has 2 rings (SSSR count). The van der Waals surface area contributed by atoms with Gasteiger partial charge in [-0.05, 0) is 0 Å². The Labute approximate surface area is 131 Å². The van der Waals surface area contributed by atoms with Crippen LogP contribution in [0.5, 0.6) is 0 Å². The topological polar surface area (TPSA) is 0 Å². The van der Waals surface area contributed by atoms with Crippen LogP contribution in [0.25, 0.3) is 0 Å². The molecule has 109 valence electrons. The Morgan fingerprint density at radius 3 is 2.30 bits per heavy atom. The van der Waals surface area contributed by atoms with Gasteiger partial charge in [0.25, 0.3) is 0 Å². The van der Waals surface area contributed by atoms with Crippen LogP contribution in [0.3, 0.4) is 0 Å². The van der Waals surface area contributed by atoms with Crippen molar-refractivity contribution in [1.29, 1.82) is 0 Å². The summed E-state index contributed by atoms with van der Waals surface area (Å²) in [6, 6.07) is 0. The van der Waals surface area contributed by atoms with E-state index in [0.29, 0.717) is 5.92 Å². The maximum atomic E-state index is 4.21. The summed E-state index contributed by atoms with van der Waals surface area (Å²) >= 11 is -2.30. The average molecular weight is 365 g/mol. The summed E-state index contributed by atoms with van der Waals surface area (Å²) in [4.78, 5) is 0. The van der Waals surface area contributed by atoms with Gasteiger partial charge in [0.2, 0.25) is 0 Å². The maximum absolute atomic E-state index is 4.21. The molecule has 2 atom stereocenters. The first-order valence-electron chi connectivity index (χ1n) is 7.89. The van der Waals surface area contributed by atoms with Crippen LogP contribution in [-0.4, -0.2) is 7.37 Å². The van der Waals surface area contributed by atoms with Crippen LogP contribution in [0.4, 0.5) is 0 Å². The van der Waals surface area contributed by atoms with Gasteiger partial charge in [-0.1, -0.05) is 0 Å². The van der Waals surface area contributed by atoms with Gasteiger partial charge in [-0.25, -0.2) is 0 Å². The molecule has 0 saturated carbocycles. The molecule has 0 fully saturated rings. The number of allylic oxidation sites excluding steroid dienone is 8. The van der Waals surface area contributed by atoms with E-state index in [4.69, 9.17) is 0 Å². The van der Waals surface area contributed by atoms with E-state index in [1.807, 2.05) is 6.56 Å². The molecule has 0 aliphatic heterocycles. The molecule has 0 aromatic heterocycles. The number of hydrogen-bond acceptors (Lipinski definition) is 0. The van der Waals surface area contributed by atoms with Crippen LogP contribution in [0.15, 0.2) is 41.0 Å². The van der Waals surface area contributed by atoms with E-state index in [-0.39, 0.29) is 0 Å². The summed E-state index contributed by atoms with van der Waals surface area (Å²) < 4.78 is 5.20. The van der Waals surface area contributed by atoms with Crippen molar-refractivity contribution < 1.29 is 19.4 Å². The second kappa shape index (κ2) is 6.05. The third-order valence-electron chi connectivity index (χ3n) is 5.67. The van der Waals surface area contributed by atoms with Gasteiger partial charge in [-0.3, -0.25) is 0 Å². The Bertz CT molecular complexity index is 548. The fraction of sp³-hybridized carbons (Fsp3) is 0.500. The van der Waals surface area contributed by atoms with E-state index in [0.717, 1.165) is 6.42 Å². The molecule has 2 unspecified atom stereocenters. The zero-order valence-electron chi connectivity index (χ0n) is 14.1. The van der Waals surface area contributed by atoms with E-state index in [1.54, 1.807) is 16.7 Å². The molecule has 2 heteroatoms. The normalized spacial score (nSPS) is 26.2. The summed E-state index contributed by atoms with van der Waals surface area (Å²) in [6.45, 7) is 16.0. The number of rotatable bonds is 4. The molecule has 0 bridgehead atoms. The third-order valence-corrected chi connectivity index (χ3v) is 28.2. The van der Waals surface area contributed by atoms with Crippen molar-refractivity contribution in [3.8, 4) is 0 Å². The molecular formula is C18H29SiZr. The fourth-order valence-corrected chi connectivity index (χ4v) is 25.2. The van der Waals surface area contributed by atoms with Gasteiger partial charge < -0.3 is 0 Å². The van der Waals surface area contributed by atoms with Gasteiger partial charge >= 0.3 is 132 Å². The number of hydrogen-bond donors (Lipinski definition) is 0. The Balaban J connectivity index is 2.49. The summed E-state index contributed by atoms with van der Waals surface area (Å²) in [6.07, 6.45) is 7.34. The van der Waals surface area contributed by atoms with Gasteiger partial charge in [0.15, 0.2) is 0 Å². The first kappa shape index (κ1) is 16.4. The average Bonchev–Trinajstić information content (AvgIpc) is 2.90. The Kier molecular flexibility index (Phi) is 4.97. The molecule has 2 aliphatic rings. The predicted molar refractivity (Wildman–Crippen MR) is 91.4 cm³/mol. The van der Waals surface area contributed by atoms with E-state index < -0.39 is 19.4 Å². The van der Waals surface area contributed by atoms with Crippen molar-refractivity contribution in [3.63, 3.8) is 0 Å². The standard InChI is InChI=1S/C9H13.C6H7.C3H6.H3Si.Zr/c1-6-5-7(2)9(4)8(6)3;1-6-4-2-3-5-6;1-3-2;;/h6H,1-4H3;4-5H,2H2,1H3;1-3H2;1H3;. The molecule has 0 amide bonds. The van der Waals surface area contributed by atoms with E-state index >= 15 is 0 Å².